The van der Waals surface area contributed by atoms with Gasteiger partial charge in [0.25, 0.3) is 0 Å². The zero-order valence-corrected chi connectivity index (χ0v) is 16.9. The highest BCUT2D eigenvalue weighted by molar-refractivity contribution is 7.89. The predicted octanol–water partition coefficient (Wildman–Crippen LogP) is 1.31. The first-order valence-corrected chi connectivity index (χ1v) is 11.2. The van der Waals surface area contributed by atoms with Crippen LogP contribution in [0.3, 0.4) is 0 Å². The second kappa shape index (κ2) is 8.14. The van der Waals surface area contributed by atoms with Gasteiger partial charge in [-0.25, -0.2) is 8.42 Å². The highest BCUT2D eigenvalue weighted by atomic mass is 32.2. The maximum Gasteiger partial charge on any atom is 0.243 e. The van der Waals surface area contributed by atoms with Crippen molar-refractivity contribution in [3.8, 4) is 11.4 Å². The van der Waals surface area contributed by atoms with E-state index in [0.29, 0.717) is 30.6 Å². The monoisotopic (exact) mass is 406 g/mol. The molecule has 0 spiro atoms. The van der Waals surface area contributed by atoms with E-state index in [9.17, 15) is 8.42 Å². The van der Waals surface area contributed by atoms with Crippen LogP contribution < -0.4 is 4.74 Å². The molecule has 0 bridgehead atoms. The van der Waals surface area contributed by atoms with Crippen LogP contribution >= 0.6 is 0 Å². The lowest BCUT2D eigenvalue weighted by molar-refractivity contribution is 0.118. The summed E-state index contributed by atoms with van der Waals surface area (Å²) in [5, 5.41) is 11.1. The molecule has 4 rings (SSSR count). The van der Waals surface area contributed by atoms with Crippen molar-refractivity contribution in [1.29, 1.82) is 0 Å². The lowest BCUT2D eigenvalue weighted by atomic mass is 10.0. The molecule has 0 saturated carbocycles. The SMILES string of the molecule is COc1cc(S(=O)(=O)N2CCC(N3CCCCC3)CC2)ccc1-n1cnnn1. The van der Waals surface area contributed by atoms with Crippen molar-refractivity contribution in [1.82, 2.24) is 29.4 Å². The lowest BCUT2D eigenvalue weighted by Gasteiger charge is -2.39. The average molecular weight is 407 g/mol. The minimum atomic E-state index is -3.56. The van der Waals surface area contributed by atoms with Gasteiger partial charge in [0.1, 0.15) is 17.8 Å². The van der Waals surface area contributed by atoms with Gasteiger partial charge in [0.2, 0.25) is 10.0 Å². The molecule has 2 fully saturated rings. The summed E-state index contributed by atoms with van der Waals surface area (Å²) in [4.78, 5) is 2.77. The third-order valence-electron chi connectivity index (χ3n) is 5.72. The Morgan fingerprint density at radius 1 is 1.07 bits per heavy atom. The number of ether oxygens (including phenoxy) is 1. The van der Waals surface area contributed by atoms with Crippen LogP contribution in [0.15, 0.2) is 29.4 Å². The van der Waals surface area contributed by atoms with E-state index >= 15 is 0 Å². The Morgan fingerprint density at radius 3 is 2.46 bits per heavy atom. The maximum absolute atomic E-state index is 13.1. The van der Waals surface area contributed by atoms with E-state index in [4.69, 9.17) is 4.74 Å². The van der Waals surface area contributed by atoms with Crippen LogP contribution in [-0.2, 0) is 10.0 Å². The minimum Gasteiger partial charge on any atom is -0.494 e. The molecule has 9 nitrogen and oxygen atoms in total. The van der Waals surface area contributed by atoms with Crippen LogP contribution in [0.2, 0.25) is 0 Å². The number of piperidine rings is 2. The number of nitrogens with zero attached hydrogens (tertiary/aromatic N) is 6. The molecule has 28 heavy (non-hydrogen) atoms. The van der Waals surface area contributed by atoms with Gasteiger partial charge in [-0.1, -0.05) is 6.42 Å². The van der Waals surface area contributed by atoms with Crippen molar-refractivity contribution in [2.24, 2.45) is 0 Å². The van der Waals surface area contributed by atoms with Crippen molar-refractivity contribution < 1.29 is 13.2 Å². The number of hydrogen-bond acceptors (Lipinski definition) is 7. The summed E-state index contributed by atoms with van der Waals surface area (Å²) in [7, 11) is -2.06. The van der Waals surface area contributed by atoms with Gasteiger partial charge in [0.05, 0.1) is 12.0 Å². The zero-order valence-electron chi connectivity index (χ0n) is 16.1. The van der Waals surface area contributed by atoms with Gasteiger partial charge in [-0.05, 0) is 61.3 Å². The fourth-order valence-electron chi connectivity index (χ4n) is 4.16. The fourth-order valence-corrected chi connectivity index (χ4v) is 5.65. The van der Waals surface area contributed by atoms with E-state index < -0.39 is 10.0 Å². The second-order valence-electron chi connectivity index (χ2n) is 7.32. The maximum atomic E-state index is 13.1. The Kier molecular flexibility index (Phi) is 5.61. The van der Waals surface area contributed by atoms with Gasteiger partial charge in [0.15, 0.2) is 0 Å². The highest BCUT2D eigenvalue weighted by Crippen LogP contribution is 2.29. The Bertz CT molecular complexity index is 888. The predicted molar refractivity (Wildman–Crippen MR) is 103 cm³/mol. The van der Waals surface area contributed by atoms with E-state index in [1.165, 1.54) is 37.4 Å². The molecule has 2 saturated heterocycles. The molecule has 0 amide bonds. The summed E-state index contributed by atoms with van der Waals surface area (Å²) in [5.41, 5.74) is 0.593. The summed E-state index contributed by atoms with van der Waals surface area (Å²) in [6.07, 6.45) is 7.04. The zero-order chi connectivity index (χ0) is 19.6. The number of tetrazole rings is 1. The summed E-state index contributed by atoms with van der Waals surface area (Å²) in [6.45, 7) is 3.40. The molecule has 0 aliphatic carbocycles. The van der Waals surface area contributed by atoms with Gasteiger partial charge in [-0.2, -0.15) is 8.99 Å². The summed E-state index contributed by atoms with van der Waals surface area (Å²) in [5.74, 6) is 0.413. The number of sulfonamides is 1. The largest absolute Gasteiger partial charge is 0.494 e. The van der Waals surface area contributed by atoms with Crippen LogP contribution in [0, 0.1) is 0 Å². The Hall–Kier alpha value is -2.04. The second-order valence-corrected chi connectivity index (χ2v) is 9.26. The van der Waals surface area contributed by atoms with Crippen LogP contribution in [-0.4, -0.2) is 77.2 Å². The van der Waals surface area contributed by atoms with Gasteiger partial charge in [-0.15, -0.1) is 5.10 Å². The molecular formula is C18H26N6O3S. The minimum absolute atomic E-state index is 0.234. The van der Waals surface area contributed by atoms with Crippen LogP contribution in [0.25, 0.3) is 5.69 Å². The standard InChI is InChI=1S/C18H26N6O3S/c1-27-18-13-16(5-6-17(18)24-14-19-20-21-24)28(25,26)23-11-7-15(8-12-23)22-9-3-2-4-10-22/h5-6,13-15H,2-4,7-12H2,1H3. The Morgan fingerprint density at radius 2 is 1.82 bits per heavy atom. The van der Waals surface area contributed by atoms with E-state index in [2.05, 4.69) is 20.4 Å². The third kappa shape index (κ3) is 3.76. The summed E-state index contributed by atoms with van der Waals surface area (Å²) >= 11 is 0. The lowest BCUT2D eigenvalue weighted by Crippen LogP contribution is -2.48. The molecule has 2 aliphatic heterocycles. The fraction of sp³-hybridized carbons (Fsp3) is 0.611. The number of methoxy groups -OCH3 is 1. The first-order chi connectivity index (χ1) is 13.6. The molecule has 0 N–H and O–H groups in total. The van der Waals surface area contributed by atoms with Crippen LogP contribution in [0.5, 0.6) is 5.75 Å². The van der Waals surface area contributed by atoms with Crippen molar-refractivity contribution >= 4 is 10.0 Å². The molecule has 10 heteroatoms. The van der Waals surface area contributed by atoms with E-state index in [0.717, 1.165) is 25.9 Å². The van der Waals surface area contributed by atoms with E-state index in [-0.39, 0.29) is 4.90 Å². The summed E-state index contributed by atoms with van der Waals surface area (Å²) < 4.78 is 34.7. The quantitative estimate of drug-likeness (QED) is 0.739. The summed E-state index contributed by atoms with van der Waals surface area (Å²) in [6, 6.07) is 5.31. The number of rotatable bonds is 5. The first kappa shape index (κ1) is 19.3. The number of benzene rings is 1. The molecule has 0 radical (unpaired) electrons. The first-order valence-electron chi connectivity index (χ1n) is 9.75. The number of aromatic nitrogens is 4. The Labute approximate surface area is 165 Å². The van der Waals surface area contributed by atoms with E-state index in [1.54, 1.807) is 22.5 Å². The van der Waals surface area contributed by atoms with Crippen molar-refractivity contribution in [3.63, 3.8) is 0 Å². The van der Waals surface area contributed by atoms with Crippen LogP contribution in [0.4, 0.5) is 0 Å². The van der Waals surface area contributed by atoms with Gasteiger partial charge < -0.3 is 9.64 Å². The molecule has 2 aliphatic rings. The topological polar surface area (TPSA) is 93.5 Å². The van der Waals surface area contributed by atoms with Crippen molar-refractivity contribution in [3.05, 3.63) is 24.5 Å². The average Bonchev–Trinajstić information content (AvgIpc) is 3.28. The smallest absolute Gasteiger partial charge is 0.243 e. The number of hydrogen-bond donors (Lipinski definition) is 0. The van der Waals surface area contributed by atoms with E-state index in [1.807, 2.05) is 0 Å². The molecule has 0 atom stereocenters. The molecule has 2 aromatic rings. The number of likely N-dealkylation sites (tertiary alicyclic amines) is 1. The molecule has 152 valence electrons. The van der Waals surface area contributed by atoms with Crippen molar-refractivity contribution in [2.45, 2.75) is 43.0 Å². The Balaban J connectivity index is 1.49. The normalized spacial score (nSPS) is 20.3. The molecule has 3 heterocycles. The van der Waals surface area contributed by atoms with Crippen molar-refractivity contribution in [2.75, 3.05) is 33.3 Å². The molecule has 1 aromatic carbocycles. The third-order valence-corrected chi connectivity index (χ3v) is 7.61. The molecule has 0 unspecified atom stereocenters. The highest BCUT2D eigenvalue weighted by Gasteiger charge is 2.32. The van der Waals surface area contributed by atoms with Gasteiger partial charge in [-0.3, -0.25) is 0 Å². The van der Waals surface area contributed by atoms with Gasteiger partial charge >= 0.3 is 0 Å². The molecule has 1 aromatic heterocycles. The van der Waals surface area contributed by atoms with Crippen LogP contribution in [0.1, 0.15) is 32.1 Å². The molecular weight excluding hydrogens is 380 g/mol. The van der Waals surface area contributed by atoms with Gasteiger partial charge in [0, 0.05) is 25.2 Å².